The summed E-state index contributed by atoms with van der Waals surface area (Å²) in [5, 5.41) is 25.8. The van der Waals surface area contributed by atoms with Gasteiger partial charge in [-0.2, -0.15) is 9.97 Å². The van der Waals surface area contributed by atoms with Gasteiger partial charge in [-0.05, 0) is 76.7 Å². The highest BCUT2D eigenvalue weighted by atomic mass is 32.1. The van der Waals surface area contributed by atoms with Gasteiger partial charge in [0.25, 0.3) is 5.91 Å². The van der Waals surface area contributed by atoms with E-state index in [1.807, 2.05) is 38.0 Å². The molecule has 0 saturated heterocycles. The summed E-state index contributed by atoms with van der Waals surface area (Å²) in [4.78, 5) is 78.0. The number of carboxylic acids is 1. The van der Waals surface area contributed by atoms with E-state index in [4.69, 9.17) is 0 Å². The van der Waals surface area contributed by atoms with Gasteiger partial charge in [0.2, 0.25) is 11.9 Å². The van der Waals surface area contributed by atoms with Crippen LogP contribution in [0.2, 0.25) is 0 Å². The number of benzene rings is 4. The van der Waals surface area contributed by atoms with Gasteiger partial charge in [-0.3, -0.25) is 10.1 Å². The second kappa shape index (κ2) is 22.2. The van der Waals surface area contributed by atoms with E-state index >= 15 is 0 Å². The van der Waals surface area contributed by atoms with Gasteiger partial charge in [-0.15, -0.1) is 11.3 Å². The molecule has 4 aromatic carbocycles. The van der Waals surface area contributed by atoms with Crippen LogP contribution in [0.3, 0.4) is 0 Å². The maximum Gasteiger partial charge on any atom is 0.335 e. The number of thiazole rings is 1. The lowest BCUT2D eigenvalue weighted by Crippen LogP contribution is -2.43. The average molecular weight is 1020 g/mol. The molecule has 0 atom stereocenters. The number of likely N-dealkylation sites (N-methyl/N-ethyl adjacent to an activating group) is 2. The highest BCUT2D eigenvalue weighted by Gasteiger charge is 2.36. The molecule has 0 radical (unpaired) electrons. The van der Waals surface area contributed by atoms with Gasteiger partial charge in [0, 0.05) is 65.6 Å². The number of amides is 5. The molecular formula is C49H46F4N14O5S. The van der Waals surface area contributed by atoms with E-state index in [-0.39, 0.29) is 48.1 Å². The van der Waals surface area contributed by atoms with Crippen molar-refractivity contribution in [2.45, 2.75) is 13.1 Å². The van der Waals surface area contributed by atoms with Gasteiger partial charge in [0.15, 0.2) is 16.8 Å². The summed E-state index contributed by atoms with van der Waals surface area (Å²) in [5.41, 5.74) is 1.87. The minimum atomic E-state index is -1.11. The van der Waals surface area contributed by atoms with Crippen LogP contribution in [0.1, 0.15) is 31.8 Å². The zero-order valence-electron chi connectivity index (χ0n) is 39.5. The van der Waals surface area contributed by atoms with Crippen LogP contribution >= 0.6 is 11.3 Å². The largest absolute Gasteiger partial charge is 0.478 e. The maximum atomic E-state index is 14.8. The first kappa shape index (κ1) is 50.8. The van der Waals surface area contributed by atoms with E-state index in [0.717, 1.165) is 34.1 Å². The fourth-order valence-corrected chi connectivity index (χ4v) is 8.14. The highest BCUT2D eigenvalue weighted by Crippen LogP contribution is 2.40. The van der Waals surface area contributed by atoms with Crippen LogP contribution in [0.15, 0.2) is 96.5 Å². The summed E-state index contributed by atoms with van der Waals surface area (Å²) in [6, 6.07) is 18.1. The van der Waals surface area contributed by atoms with Crippen molar-refractivity contribution in [2.24, 2.45) is 0 Å². The first-order chi connectivity index (χ1) is 35.1. The van der Waals surface area contributed by atoms with Crippen molar-refractivity contribution in [1.82, 2.24) is 45.4 Å². The summed E-state index contributed by atoms with van der Waals surface area (Å²) < 4.78 is 59.0. The Kier molecular flexibility index (Phi) is 15.4. The van der Waals surface area contributed by atoms with E-state index in [0.29, 0.717) is 70.5 Å². The molecule has 0 aliphatic carbocycles. The molecule has 376 valence electrons. The van der Waals surface area contributed by atoms with Crippen LogP contribution in [0, 0.1) is 23.3 Å². The number of nitrogens with one attached hydrogen (secondary N) is 5. The Morgan fingerprint density at radius 1 is 0.658 bits per heavy atom. The quantitative estimate of drug-likeness (QED) is 0.0537. The smallest absolute Gasteiger partial charge is 0.335 e. The number of carbonyl (C=O) groups is 4. The Hall–Kier alpha value is -8.61. The Morgan fingerprint density at radius 3 is 1.52 bits per heavy atom. The summed E-state index contributed by atoms with van der Waals surface area (Å²) >= 11 is 1.29. The molecule has 9 rings (SSSR count). The minimum Gasteiger partial charge on any atom is -0.478 e. The molecule has 19 nitrogen and oxygen atoms in total. The summed E-state index contributed by atoms with van der Waals surface area (Å²) in [7, 11) is 7.61. The van der Waals surface area contributed by atoms with Crippen molar-refractivity contribution in [3.8, 4) is 22.5 Å². The number of aromatic nitrogens is 5. The van der Waals surface area contributed by atoms with E-state index in [1.165, 1.54) is 35.6 Å². The van der Waals surface area contributed by atoms with Crippen molar-refractivity contribution < 1.29 is 41.8 Å². The molecule has 73 heavy (non-hydrogen) atoms. The van der Waals surface area contributed by atoms with Gasteiger partial charge >= 0.3 is 18.0 Å². The third kappa shape index (κ3) is 11.5. The molecule has 0 bridgehead atoms. The molecule has 24 heteroatoms. The van der Waals surface area contributed by atoms with Crippen molar-refractivity contribution in [2.75, 3.05) is 80.1 Å². The average Bonchev–Trinajstić information content (AvgIpc) is 3.88. The number of rotatable bonds is 15. The van der Waals surface area contributed by atoms with Crippen molar-refractivity contribution in [1.29, 1.82) is 0 Å². The number of para-hydroxylation sites is 2. The second-order valence-corrected chi connectivity index (χ2v) is 17.6. The second-order valence-electron chi connectivity index (χ2n) is 16.7. The number of carbonyl (C=O) groups excluding carboxylic acids is 3. The van der Waals surface area contributed by atoms with Crippen LogP contribution < -0.4 is 36.4 Å². The Labute approximate surface area is 419 Å². The molecule has 0 fully saturated rings. The minimum absolute atomic E-state index is 0.00540. The number of anilines is 7. The third-order valence-corrected chi connectivity index (χ3v) is 11.8. The molecule has 0 spiro atoms. The van der Waals surface area contributed by atoms with Gasteiger partial charge in [-0.25, -0.2) is 56.7 Å². The van der Waals surface area contributed by atoms with Crippen LogP contribution in [0.25, 0.3) is 22.5 Å². The molecule has 5 amide bonds. The first-order valence-corrected chi connectivity index (χ1v) is 23.2. The van der Waals surface area contributed by atoms with Gasteiger partial charge in [0.05, 0.1) is 30.0 Å². The summed E-state index contributed by atoms with van der Waals surface area (Å²) in [5.74, 6) is -4.82. The number of fused-ring (bicyclic) bond motifs is 2. The molecule has 0 unspecified atom stereocenters. The number of hydrogen-bond donors (Lipinski definition) is 6. The van der Waals surface area contributed by atoms with Crippen LogP contribution in [0.4, 0.5) is 67.2 Å². The number of nitrogens with zero attached hydrogens (tertiary/aromatic N) is 9. The first-order valence-electron chi connectivity index (χ1n) is 22.4. The standard InChI is InChI=1S/C26H24F2N8O2S.C23H22F2N6O3/c1-35(2)11-9-29-24-32-20(15-5-3-6-16(13-15)23(37)34-25-30-10-12-39-25)17-14-31-26(38)36(22(17)33-24)21-18(27)7-4-8-19(21)28;1-30(2)10-9-26-22-28-18(13-5-3-6-14(11-13)21(32)33)15-12-27-23(34)31(20(15)29-22)19-16(24)7-4-8-17(19)25/h3-8,10,12-13H,9,11,14H2,1-2H3,(H,31,38)(H,29,32,33)(H,30,34,37);3-8,11H,9-10,12H2,1-2H3,(H,27,34)(H,32,33)(H,26,28,29). The SMILES string of the molecule is CN(C)CCNc1nc(-c2cccc(C(=O)Nc3nccs3)c2)c2c(n1)N(c1c(F)cccc1F)C(=O)NC2.CN(C)CCNc1nc(-c2cccc(C(=O)O)c2)c2c(n1)N(c1c(F)cccc1F)C(=O)NC2. The predicted molar refractivity (Wildman–Crippen MR) is 268 cm³/mol. The fourth-order valence-electron chi connectivity index (χ4n) is 7.62. The highest BCUT2D eigenvalue weighted by molar-refractivity contribution is 7.13. The number of halogens is 4. The van der Waals surface area contributed by atoms with Crippen molar-refractivity contribution >= 4 is 75.3 Å². The van der Waals surface area contributed by atoms with Crippen LogP contribution in [-0.2, 0) is 13.1 Å². The zero-order chi connectivity index (χ0) is 51.9. The molecular weight excluding hydrogens is 973 g/mol. The lowest BCUT2D eigenvalue weighted by atomic mass is 10.0. The Balaban J connectivity index is 0.000000197. The topological polar surface area (TPSA) is 226 Å². The Morgan fingerprint density at radius 2 is 1.10 bits per heavy atom. The fraction of sp³-hybridized carbons (Fsp3) is 0.204. The molecule has 2 aliphatic heterocycles. The number of carboxylic acid groups (broad SMARTS) is 1. The third-order valence-electron chi connectivity index (χ3n) is 11.1. The van der Waals surface area contributed by atoms with Crippen LogP contribution in [-0.4, -0.2) is 118 Å². The van der Waals surface area contributed by atoms with E-state index < -0.39 is 52.7 Å². The predicted octanol–water partition coefficient (Wildman–Crippen LogP) is 7.92. The number of aromatic carboxylic acids is 1. The van der Waals surface area contributed by atoms with E-state index in [1.54, 1.807) is 48.0 Å². The monoisotopic (exact) mass is 1020 g/mol. The van der Waals surface area contributed by atoms with E-state index in [2.05, 4.69) is 51.5 Å². The lowest BCUT2D eigenvalue weighted by Gasteiger charge is -2.30. The maximum absolute atomic E-state index is 14.8. The lowest BCUT2D eigenvalue weighted by molar-refractivity contribution is 0.0696. The van der Waals surface area contributed by atoms with Crippen molar-refractivity contribution in [3.63, 3.8) is 0 Å². The normalized spacial score (nSPS) is 12.8. The van der Waals surface area contributed by atoms with Gasteiger partial charge in [-0.1, -0.05) is 36.4 Å². The molecule has 2 aliphatic rings. The molecule has 3 aromatic heterocycles. The Bertz CT molecular complexity index is 3180. The zero-order valence-corrected chi connectivity index (χ0v) is 40.3. The summed E-state index contributed by atoms with van der Waals surface area (Å²) in [6.45, 7) is 2.25. The number of urea groups is 2. The molecule has 7 aromatic rings. The van der Waals surface area contributed by atoms with Gasteiger partial charge < -0.3 is 36.2 Å². The van der Waals surface area contributed by atoms with E-state index in [9.17, 15) is 41.8 Å². The van der Waals surface area contributed by atoms with Crippen LogP contribution in [0.5, 0.6) is 0 Å². The molecule has 0 saturated carbocycles. The number of hydrogen-bond acceptors (Lipinski definition) is 14. The van der Waals surface area contributed by atoms with Crippen molar-refractivity contribution in [3.05, 3.63) is 142 Å². The van der Waals surface area contributed by atoms with Gasteiger partial charge in [0.1, 0.15) is 34.6 Å². The molecule has 6 N–H and O–H groups in total. The molecule has 5 heterocycles. The summed E-state index contributed by atoms with van der Waals surface area (Å²) in [6.07, 6.45) is 1.59.